The lowest BCUT2D eigenvalue weighted by Gasteiger charge is -2.32. The van der Waals surface area contributed by atoms with Gasteiger partial charge in [-0.05, 0) is 58.4 Å². The quantitative estimate of drug-likeness (QED) is 0.869. The van der Waals surface area contributed by atoms with Crippen molar-refractivity contribution in [3.8, 4) is 0 Å². The van der Waals surface area contributed by atoms with Gasteiger partial charge >= 0.3 is 6.03 Å². The van der Waals surface area contributed by atoms with Crippen LogP contribution in [0.5, 0.6) is 0 Å². The van der Waals surface area contributed by atoms with Crippen LogP contribution in [0.25, 0.3) is 0 Å². The van der Waals surface area contributed by atoms with Crippen LogP contribution in [0.4, 0.5) is 4.79 Å². The molecule has 1 saturated heterocycles. The van der Waals surface area contributed by atoms with E-state index < -0.39 is 0 Å². The average Bonchev–Trinajstić information content (AvgIpc) is 3.31. The Morgan fingerprint density at radius 2 is 2.04 bits per heavy atom. The lowest BCUT2D eigenvalue weighted by atomic mass is 10.1. The van der Waals surface area contributed by atoms with Crippen LogP contribution in [-0.2, 0) is 11.3 Å². The molecule has 1 aromatic rings. The van der Waals surface area contributed by atoms with Crippen LogP contribution in [-0.4, -0.2) is 52.6 Å². The Morgan fingerprint density at radius 3 is 2.62 bits per heavy atom. The third kappa shape index (κ3) is 4.72. The molecule has 3 rings (SSSR count). The van der Waals surface area contributed by atoms with Gasteiger partial charge in [0, 0.05) is 31.4 Å². The monoisotopic (exact) mass is 334 g/mol. The number of amides is 2. The zero-order chi connectivity index (χ0) is 17.1. The number of piperidine rings is 1. The van der Waals surface area contributed by atoms with E-state index in [2.05, 4.69) is 16.5 Å². The van der Waals surface area contributed by atoms with Crippen molar-refractivity contribution in [1.29, 1.82) is 0 Å². The van der Waals surface area contributed by atoms with Crippen molar-refractivity contribution < 1.29 is 9.53 Å². The summed E-state index contributed by atoms with van der Waals surface area (Å²) >= 11 is 0. The third-order valence-electron chi connectivity index (χ3n) is 4.91. The van der Waals surface area contributed by atoms with Crippen LogP contribution in [0.2, 0.25) is 0 Å². The van der Waals surface area contributed by atoms with E-state index in [-0.39, 0.29) is 12.1 Å². The summed E-state index contributed by atoms with van der Waals surface area (Å²) < 4.78 is 7.90. The molecule has 1 saturated carbocycles. The number of urea groups is 1. The van der Waals surface area contributed by atoms with Crippen molar-refractivity contribution in [3.63, 3.8) is 0 Å². The molecule has 0 radical (unpaired) electrons. The number of rotatable bonds is 6. The van der Waals surface area contributed by atoms with Gasteiger partial charge in [0.2, 0.25) is 0 Å². The second-order valence-corrected chi connectivity index (χ2v) is 7.42. The lowest BCUT2D eigenvalue weighted by molar-refractivity contribution is 0.00929. The van der Waals surface area contributed by atoms with Crippen LogP contribution in [0, 0.1) is 19.8 Å². The number of likely N-dealkylation sites (tertiary alicyclic amines) is 1. The molecule has 6 nitrogen and oxygen atoms in total. The zero-order valence-corrected chi connectivity index (χ0v) is 15.1. The summed E-state index contributed by atoms with van der Waals surface area (Å²) in [6.07, 6.45) is 4.89. The Morgan fingerprint density at radius 1 is 1.33 bits per heavy atom. The average molecular weight is 334 g/mol. The molecule has 134 valence electrons. The molecule has 1 atom stereocenters. The second kappa shape index (κ2) is 7.55. The number of hydrogen-bond acceptors (Lipinski definition) is 3. The lowest BCUT2D eigenvalue weighted by Crippen LogP contribution is -2.49. The Balaban J connectivity index is 1.39. The van der Waals surface area contributed by atoms with Crippen LogP contribution < -0.4 is 5.32 Å². The molecular weight excluding hydrogens is 304 g/mol. The van der Waals surface area contributed by atoms with E-state index >= 15 is 0 Å². The van der Waals surface area contributed by atoms with Crippen molar-refractivity contribution in [2.45, 2.75) is 65.1 Å². The van der Waals surface area contributed by atoms with E-state index in [0.717, 1.165) is 49.8 Å². The van der Waals surface area contributed by atoms with Crippen LogP contribution in [0.3, 0.4) is 0 Å². The van der Waals surface area contributed by atoms with Crippen molar-refractivity contribution in [2.75, 3.05) is 19.7 Å². The summed E-state index contributed by atoms with van der Waals surface area (Å²) in [5.41, 5.74) is 2.14. The van der Waals surface area contributed by atoms with E-state index in [0.29, 0.717) is 12.6 Å². The predicted molar refractivity (Wildman–Crippen MR) is 93.0 cm³/mol. The van der Waals surface area contributed by atoms with Crippen molar-refractivity contribution >= 4 is 6.03 Å². The smallest absolute Gasteiger partial charge is 0.317 e. The Kier molecular flexibility index (Phi) is 5.43. The third-order valence-corrected chi connectivity index (χ3v) is 4.91. The molecule has 0 bridgehead atoms. The number of aromatic nitrogens is 2. The van der Waals surface area contributed by atoms with Gasteiger partial charge in [0.25, 0.3) is 0 Å². The standard InChI is InChI=1S/C18H30N4O2/c1-13-10-15(3)22(20-13)11-14(2)19-18(23)21-8-6-17(7-9-21)24-12-16-4-5-16/h10,14,16-17H,4-9,11-12H2,1-3H3,(H,19,23)/t14-/m1/s1. The van der Waals surface area contributed by atoms with Gasteiger partial charge in [-0.3, -0.25) is 4.68 Å². The SMILES string of the molecule is Cc1cc(C)n(C[C@@H](C)NC(=O)N2CCC(OCC3CC3)CC2)n1. The summed E-state index contributed by atoms with van der Waals surface area (Å²) in [7, 11) is 0. The largest absolute Gasteiger partial charge is 0.378 e. The number of ether oxygens (including phenoxy) is 1. The topological polar surface area (TPSA) is 59.4 Å². The van der Waals surface area contributed by atoms with Gasteiger partial charge in [-0.25, -0.2) is 4.79 Å². The summed E-state index contributed by atoms with van der Waals surface area (Å²) in [6.45, 7) is 9.24. The number of hydrogen-bond donors (Lipinski definition) is 1. The number of aryl methyl sites for hydroxylation is 2. The minimum absolute atomic E-state index is 0.0321. The number of carbonyl (C=O) groups excluding carboxylic acids is 1. The minimum Gasteiger partial charge on any atom is -0.378 e. The van der Waals surface area contributed by atoms with E-state index in [1.165, 1.54) is 12.8 Å². The Bertz CT molecular complexity index is 559. The Hall–Kier alpha value is -1.56. The predicted octanol–water partition coefficient (Wildman–Crippen LogP) is 2.49. The maximum Gasteiger partial charge on any atom is 0.317 e. The molecule has 24 heavy (non-hydrogen) atoms. The van der Waals surface area contributed by atoms with Crippen LogP contribution in [0.15, 0.2) is 6.07 Å². The van der Waals surface area contributed by atoms with Gasteiger partial charge < -0.3 is 15.0 Å². The molecule has 0 aromatic carbocycles. The molecule has 2 aliphatic rings. The second-order valence-electron chi connectivity index (χ2n) is 7.42. The first-order valence-electron chi connectivity index (χ1n) is 9.19. The molecule has 2 fully saturated rings. The van der Waals surface area contributed by atoms with Crippen molar-refractivity contribution in [2.24, 2.45) is 5.92 Å². The molecule has 1 aliphatic carbocycles. The fourth-order valence-corrected chi connectivity index (χ4v) is 3.25. The van der Waals surface area contributed by atoms with Gasteiger partial charge in [0.05, 0.1) is 18.3 Å². The Labute approximate surface area is 144 Å². The van der Waals surface area contributed by atoms with Crippen molar-refractivity contribution in [1.82, 2.24) is 20.0 Å². The fraction of sp³-hybridized carbons (Fsp3) is 0.778. The van der Waals surface area contributed by atoms with Crippen LogP contribution >= 0.6 is 0 Å². The molecule has 0 spiro atoms. The molecule has 2 heterocycles. The first kappa shape index (κ1) is 17.3. The van der Waals surface area contributed by atoms with Gasteiger partial charge in [0.15, 0.2) is 0 Å². The van der Waals surface area contributed by atoms with E-state index in [1.807, 2.05) is 30.4 Å². The highest BCUT2D eigenvalue weighted by Gasteiger charge is 2.27. The molecule has 1 aliphatic heterocycles. The van der Waals surface area contributed by atoms with Gasteiger partial charge in [-0.15, -0.1) is 0 Å². The first-order chi connectivity index (χ1) is 11.5. The summed E-state index contributed by atoms with van der Waals surface area (Å²) in [6, 6.07) is 2.14. The fourth-order valence-electron chi connectivity index (χ4n) is 3.25. The number of nitrogens with zero attached hydrogens (tertiary/aromatic N) is 3. The highest BCUT2D eigenvalue weighted by atomic mass is 16.5. The summed E-state index contributed by atoms with van der Waals surface area (Å²) in [5, 5.41) is 7.55. The van der Waals surface area contributed by atoms with Crippen molar-refractivity contribution in [3.05, 3.63) is 17.5 Å². The van der Waals surface area contributed by atoms with Gasteiger partial charge in [-0.2, -0.15) is 5.10 Å². The van der Waals surface area contributed by atoms with Gasteiger partial charge in [0.1, 0.15) is 0 Å². The van der Waals surface area contributed by atoms with E-state index in [1.54, 1.807) is 0 Å². The summed E-state index contributed by atoms with van der Waals surface area (Å²) in [4.78, 5) is 14.3. The maximum atomic E-state index is 12.4. The van der Waals surface area contributed by atoms with E-state index in [9.17, 15) is 4.79 Å². The normalized spacial score (nSPS) is 20.2. The first-order valence-corrected chi connectivity index (χ1v) is 9.19. The van der Waals surface area contributed by atoms with E-state index in [4.69, 9.17) is 4.74 Å². The van der Waals surface area contributed by atoms with Gasteiger partial charge in [-0.1, -0.05) is 0 Å². The molecule has 1 N–H and O–H groups in total. The maximum absolute atomic E-state index is 12.4. The zero-order valence-electron chi connectivity index (χ0n) is 15.1. The number of carbonyl (C=O) groups is 1. The summed E-state index contributed by atoms with van der Waals surface area (Å²) in [5.74, 6) is 0.807. The molecular formula is C18H30N4O2. The van der Waals surface area contributed by atoms with Crippen LogP contribution in [0.1, 0.15) is 44.0 Å². The highest BCUT2D eigenvalue weighted by molar-refractivity contribution is 5.74. The molecule has 6 heteroatoms. The number of nitrogens with one attached hydrogen (secondary N) is 1. The molecule has 0 unspecified atom stereocenters. The molecule has 2 amide bonds. The minimum atomic E-state index is 0.0321. The molecule has 1 aromatic heterocycles. The highest BCUT2D eigenvalue weighted by Crippen LogP contribution is 2.30.